The highest BCUT2D eigenvalue weighted by Gasteiger charge is 2.32. The summed E-state index contributed by atoms with van der Waals surface area (Å²) in [5.74, 6) is 0.0544. The zero-order chi connectivity index (χ0) is 15.1. The van der Waals surface area contributed by atoms with Gasteiger partial charge in [-0.05, 0) is 56.4 Å². The molecule has 2 heteroatoms. The van der Waals surface area contributed by atoms with Gasteiger partial charge in [0.15, 0.2) is 0 Å². The maximum absolute atomic E-state index is 12.4. The smallest absolute Gasteiger partial charge is 0.232 e. The van der Waals surface area contributed by atoms with Gasteiger partial charge in [-0.15, -0.1) is 0 Å². The first-order chi connectivity index (χ1) is 9.95. The molecule has 3 rings (SSSR count). The first-order valence-corrected chi connectivity index (χ1v) is 7.44. The molecule has 1 N–H and O–H groups in total. The third kappa shape index (κ3) is 2.46. The van der Waals surface area contributed by atoms with Crippen molar-refractivity contribution in [2.45, 2.75) is 40.0 Å². The van der Waals surface area contributed by atoms with Gasteiger partial charge in [0.05, 0.1) is 5.92 Å². The number of carbonyl (C=O) groups is 1. The summed E-state index contributed by atoms with van der Waals surface area (Å²) < 4.78 is 0. The van der Waals surface area contributed by atoms with Crippen molar-refractivity contribution >= 4 is 11.6 Å². The molecule has 21 heavy (non-hydrogen) atoms. The minimum absolute atomic E-state index is 0.0703. The lowest BCUT2D eigenvalue weighted by molar-refractivity contribution is -0.117. The zero-order valence-corrected chi connectivity index (χ0v) is 13.1. The first kappa shape index (κ1) is 13.9. The van der Waals surface area contributed by atoms with E-state index in [1.165, 1.54) is 22.3 Å². The Morgan fingerprint density at radius 3 is 2.48 bits per heavy atom. The number of anilines is 1. The second-order valence-corrected chi connectivity index (χ2v) is 6.22. The second-order valence-electron chi connectivity index (χ2n) is 6.22. The van der Waals surface area contributed by atoms with Gasteiger partial charge in [0, 0.05) is 5.69 Å². The van der Waals surface area contributed by atoms with Crippen LogP contribution in [0.2, 0.25) is 0 Å². The Bertz CT molecular complexity index is 731. The van der Waals surface area contributed by atoms with Gasteiger partial charge in [-0.1, -0.05) is 41.5 Å². The van der Waals surface area contributed by atoms with Crippen LogP contribution >= 0.6 is 0 Å². The Labute approximate surface area is 126 Å². The highest BCUT2D eigenvalue weighted by Crippen LogP contribution is 2.38. The molecule has 1 aliphatic rings. The van der Waals surface area contributed by atoms with Crippen molar-refractivity contribution in [1.82, 2.24) is 0 Å². The van der Waals surface area contributed by atoms with Crippen LogP contribution in [0.25, 0.3) is 0 Å². The van der Waals surface area contributed by atoms with Crippen molar-refractivity contribution in [3.63, 3.8) is 0 Å². The molecule has 0 spiro atoms. The molecule has 0 fully saturated rings. The standard InChI is InChI=1S/C19H21NO/c1-11-5-6-13(3)15(8-11)10-17-16-9-12(2)7-14(4)18(16)20-19(17)21/h5-9,17H,10H2,1-4H3,(H,20,21)/t17-/m1/s1. The monoisotopic (exact) mass is 279 g/mol. The van der Waals surface area contributed by atoms with Crippen molar-refractivity contribution < 1.29 is 4.79 Å². The predicted octanol–water partition coefficient (Wildman–Crippen LogP) is 4.20. The summed E-state index contributed by atoms with van der Waals surface area (Å²) >= 11 is 0. The molecule has 1 aliphatic heterocycles. The fourth-order valence-corrected chi connectivity index (χ4v) is 3.24. The van der Waals surface area contributed by atoms with Crippen LogP contribution < -0.4 is 5.32 Å². The van der Waals surface area contributed by atoms with E-state index in [2.05, 4.69) is 63.3 Å². The van der Waals surface area contributed by atoms with E-state index in [1.54, 1.807) is 0 Å². The quantitative estimate of drug-likeness (QED) is 0.877. The molecule has 0 aromatic heterocycles. The Hall–Kier alpha value is -2.09. The minimum atomic E-state index is -0.0703. The van der Waals surface area contributed by atoms with Crippen molar-refractivity contribution in [3.8, 4) is 0 Å². The summed E-state index contributed by atoms with van der Waals surface area (Å²) in [4.78, 5) is 12.4. The molecule has 2 aromatic rings. The number of rotatable bonds is 2. The summed E-state index contributed by atoms with van der Waals surface area (Å²) in [7, 11) is 0. The largest absolute Gasteiger partial charge is 0.325 e. The van der Waals surface area contributed by atoms with Crippen molar-refractivity contribution in [1.29, 1.82) is 0 Å². The topological polar surface area (TPSA) is 29.1 Å². The van der Waals surface area contributed by atoms with Gasteiger partial charge in [-0.2, -0.15) is 0 Å². The summed E-state index contributed by atoms with van der Waals surface area (Å²) in [6, 6.07) is 10.7. The number of hydrogen-bond donors (Lipinski definition) is 1. The Morgan fingerprint density at radius 2 is 1.71 bits per heavy atom. The molecule has 0 saturated heterocycles. The second kappa shape index (κ2) is 5.03. The number of fused-ring (bicyclic) bond motifs is 1. The number of amides is 1. The summed E-state index contributed by atoms with van der Waals surface area (Å²) in [5, 5.41) is 3.06. The molecule has 0 radical (unpaired) electrons. The molecule has 0 saturated carbocycles. The van der Waals surface area contributed by atoms with Gasteiger partial charge in [0.1, 0.15) is 0 Å². The van der Waals surface area contributed by atoms with Gasteiger partial charge in [-0.3, -0.25) is 4.79 Å². The number of aryl methyl sites for hydroxylation is 4. The lowest BCUT2D eigenvalue weighted by Crippen LogP contribution is -2.15. The number of benzene rings is 2. The molecule has 0 unspecified atom stereocenters. The Morgan fingerprint density at radius 1 is 0.952 bits per heavy atom. The molecule has 2 aromatic carbocycles. The lowest BCUT2D eigenvalue weighted by atomic mass is 9.89. The van der Waals surface area contributed by atoms with E-state index in [1.807, 2.05) is 0 Å². The van der Waals surface area contributed by atoms with Crippen LogP contribution in [-0.4, -0.2) is 5.91 Å². The maximum atomic E-state index is 12.4. The van der Waals surface area contributed by atoms with E-state index in [9.17, 15) is 4.79 Å². The third-order valence-electron chi connectivity index (χ3n) is 4.38. The predicted molar refractivity (Wildman–Crippen MR) is 86.9 cm³/mol. The van der Waals surface area contributed by atoms with Gasteiger partial charge in [0.25, 0.3) is 0 Å². The summed E-state index contributed by atoms with van der Waals surface area (Å²) in [6.07, 6.45) is 0.773. The Balaban J connectivity index is 2.01. The fraction of sp³-hybridized carbons (Fsp3) is 0.316. The highest BCUT2D eigenvalue weighted by atomic mass is 16.2. The summed E-state index contributed by atoms with van der Waals surface area (Å²) in [5.41, 5.74) is 8.30. The van der Waals surface area contributed by atoms with Gasteiger partial charge in [-0.25, -0.2) is 0 Å². The maximum Gasteiger partial charge on any atom is 0.232 e. The van der Waals surface area contributed by atoms with Crippen molar-refractivity contribution in [2.24, 2.45) is 0 Å². The van der Waals surface area contributed by atoms with Crippen LogP contribution in [0.5, 0.6) is 0 Å². The normalized spacial score (nSPS) is 16.8. The van der Waals surface area contributed by atoms with E-state index in [0.29, 0.717) is 0 Å². The van der Waals surface area contributed by atoms with Crippen molar-refractivity contribution in [2.75, 3.05) is 5.32 Å². The lowest BCUT2D eigenvalue weighted by Gasteiger charge is -2.13. The van der Waals surface area contributed by atoms with Crippen LogP contribution in [0.3, 0.4) is 0 Å². The number of nitrogens with one attached hydrogen (secondary N) is 1. The molecule has 0 bridgehead atoms. The average molecular weight is 279 g/mol. The van der Waals surface area contributed by atoms with Gasteiger partial charge >= 0.3 is 0 Å². The molecule has 2 nitrogen and oxygen atoms in total. The third-order valence-corrected chi connectivity index (χ3v) is 4.38. The van der Waals surface area contributed by atoms with E-state index in [-0.39, 0.29) is 11.8 Å². The van der Waals surface area contributed by atoms with Crippen LogP contribution in [0.1, 0.15) is 39.3 Å². The first-order valence-electron chi connectivity index (χ1n) is 7.44. The fourth-order valence-electron chi connectivity index (χ4n) is 3.24. The number of hydrogen-bond acceptors (Lipinski definition) is 1. The minimum Gasteiger partial charge on any atom is -0.325 e. The molecular formula is C19H21NO. The highest BCUT2D eigenvalue weighted by molar-refractivity contribution is 6.04. The summed E-state index contributed by atoms with van der Waals surface area (Å²) in [6.45, 7) is 8.36. The Kier molecular flexibility index (Phi) is 3.32. The van der Waals surface area contributed by atoms with Gasteiger partial charge < -0.3 is 5.32 Å². The molecule has 1 atom stereocenters. The molecule has 108 valence electrons. The van der Waals surface area contributed by atoms with Crippen LogP contribution in [0.15, 0.2) is 30.3 Å². The zero-order valence-electron chi connectivity index (χ0n) is 13.1. The molecule has 1 amide bonds. The average Bonchev–Trinajstić information content (AvgIpc) is 2.72. The van der Waals surface area contributed by atoms with E-state index < -0.39 is 0 Å². The van der Waals surface area contributed by atoms with E-state index in [4.69, 9.17) is 0 Å². The van der Waals surface area contributed by atoms with E-state index in [0.717, 1.165) is 23.2 Å². The van der Waals surface area contributed by atoms with Crippen LogP contribution in [0.4, 0.5) is 5.69 Å². The SMILES string of the molecule is Cc1ccc(C)c(C[C@H]2C(=O)Nc3c(C)cc(C)cc32)c1. The van der Waals surface area contributed by atoms with Crippen molar-refractivity contribution in [3.05, 3.63) is 63.7 Å². The van der Waals surface area contributed by atoms with Crippen LogP contribution in [-0.2, 0) is 11.2 Å². The molecule has 0 aliphatic carbocycles. The molecular weight excluding hydrogens is 258 g/mol. The van der Waals surface area contributed by atoms with Gasteiger partial charge in [0.2, 0.25) is 5.91 Å². The molecule has 1 heterocycles. The number of carbonyl (C=O) groups excluding carboxylic acids is 1. The van der Waals surface area contributed by atoms with E-state index >= 15 is 0 Å². The van der Waals surface area contributed by atoms with Crippen LogP contribution in [0, 0.1) is 27.7 Å².